The molecule has 0 bridgehead atoms. The molecule has 0 aromatic carbocycles. The summed E-state index contributed by atoms with van der Waals surface area (Å²) < 4.78 is 0. The van der Waals surface area contributed by atoms with Crippen molar-refractivity contribution in [3.63, 3.8) is 0 Å². The fourth-order valence-corrected chi connectivity index (χ4v) is 2.03. The minimum Gasteiger partial charge on any atom is -0.297 e. The molecule has 0 N–H and O–H groups in total. The van der Waals surface area contributed by atoms with Gasteiger partial charge in [-0.2, -0.15) is 12.6 Å². The number of unbranched alkanes of at least 4 members (excludes halogenated alkanes) is 6. The summed E-state index contributed by atoms with van der Waals surface area (Å²) in [6.07, 6.45) is 11.3. The number of thiol groups is 1. The molecule has 0 saturated carbocycles. The van der Waals surface area contributed by atoms with Crippen molar-refractivity contribution in [2.24, 2.45) is 5.92 Å². The lowest BCUT2D eigenvalue weighted by Gasteiger charge is -2.12. The first kappa shape index (κ1) is 16.3. The summed E-state index contributed by atoms with van der Waals surface area (Å²) in [6.45, 7) is 5.84. The van der Waals surface area contributed by atoms with Crippen LogP contribution in [0.4, 0.5) is 0 Å². The maximum absolute atomic E-state index is 4.24. The van der Waals surface area contributed by atoms with Gasteiger partial charge in [-0.25, -0.2) is 0 Å². The standard InChI is InChI=1S/C14H31NS/c1-14(2)11-9-7-5-4-6-8-10-12-15(3)13-16/h14,16H,4-13H2,1-3H3. The van der Waals surface area contributed by atoms with Gasteiger partial charge in [0.25, 0.3) is 0 Å². The summed E-state index contributed by atoms with van der Waals surface area (Å²) >= 11 is 4.24. The molecule has 0 amide bonds. The highest BCUT2D eigenvalue weighted by Gasteiger charge is 1.96. The van der Waals surface area contributed by atoms with E-state index in [1.165, 1.54) is 57.9 Å². The SMILES string of the molecule is CC(C)CCCCCCCCCN(C)CS. The van der Waals surface area contributed by atoms with Gasteiger partial charge in [0, 0.05) is 5.88 Å². The quantitative estimate of drug-likeness (QED) is 0.317. The van der Waals surface area contributed by atoms with E-state index in [-0.39, 0.29) is 0 Å². The van der Waals surface area contributed by atoms with Gasteiger partial charge < -0.3 is 0 Å². The third kappa shape index (κ3) is 12.4. The van der Waals surface area contributed by atoms with Gasteiger partial charge in [-0.1, -0.05) is 58.8 Å². The van der Waals surface area contributed by atoms with Crippen LogP contribution in [0.5, 0.6) is 0 Å². The van der Waals surface area contributed by atoms with E-state index in [1.807, 2.05) is 0 Å². The van der Waals surface area contributed by atoms with Crippen LogP contribution in [-0.2, 0) is 0 Å². The van der Waals surface area contributed by atoms with E-state index in [2.05, 4.69) is 38.4 Å². The molecule has 2 heteroatoms. The maximum atomic E-state index is 4.24. The average molecular weight is 245 g/mol. The van der Waals surface area contributed by atoms with Gasteiger partial charge in [0.2, 0.25) is 0 Å². The van der Waals surface area contributed by atoms with E-state index in [1.54, 1.807) is 0 Å². The van der Waals surface area contributed by atoms with Gasteiger partial charge in [-0.05, 0) is 25.9 Å². The van der Waals surface area contributed by atoms with Gasteiger partial charge in [-0.3, -0.25) is 4.90 Å². The lowest BCUT2D eigenvalue weighted by atomic mass is 10.0. The summed E-state index contributed by atoms with van der Waals surface area (Å²) in [5.74, 6) is 1.77. The Bertz CT molecular complexity index is 137. The van der Waals surface area contributed by atoms with E-state index >= 15 is 0 Å². The molecular weight excluding hydrogens is 214 g/mol. The van der Waals surface area contributed by atoms with Gasteiger partial charge in [0.1, 0.15) is 0 Å². The lowest BCUT2D eigenvalue weighted by molar-refractivity contribution is 0.376. The van der Waals surface area contributed by atoms with Crippen molar-refractivity contribution in [1.82, 2.24) is 4.90 Å². The minimum absolute atomic E-state index is 0.884. The molecule has 0 aliphatic carbocycles. The van der Waals surface area contributed by atoms with Gasteiger partial charge in [-0.15, -0.1) is 0 Å². The van der Waals surface area contributed by atoms with Crippen LogP contribution in [0.2, 0.25) is 0 Å². The lowest BCUT2D eigenvalue weighted by Crippen LogP contribution is -2.17. The molecule has 0 heterocycles. The Balaban J connectivity index is 2.99. The van der Waals surface area contributed by atoms with E-state index < -0.39 is 0 Å². The minimum atomic E-state index is 0.884. The van der Waals surface area contributed by atoms with Crippen LogP contribution in [0.25, 0.3) is 0 Å². The highest BCUT2D eigenvalue weighted by atomic mass is 32.1. The summed E-state index contributed by atoms with van der Waals surface area (Å²) in [7, 11) is 2.14. The van der Waals surface area contributed by atoms with Gasteiger partial charge in [0.15, 0.2) is 0 Å². The molecule has 0 aromatic heterocycles. The molecule has 16 heavy (non-hydrogen) atoms. The second-order valence-electron chi connectivity index (χ2n) is 5.38. The summed E-state index contributed by atoms with van der Waals surface area (Å²) in [5.41, 5.74) is 0. The molecule has 98 valence electrons. The highest BCUT2D eigenvalue weighted by Crippen LogP contribution is 2.12. The van der Waals surface area contributed by atoms with Crippen molar-refractivity contribution in [3.8, 4) is 0 Å². The summed E-state index contributed by atoms with van der Waals surface area (Å²) in [6, 6.07) is 0. The molecule has 0 radical (unpaired) electrons. The zero-order chi connectivity index (χ0) is 12.2. The van der Waals surface area contributed by atoms with Crippen LogP contribution in [0.1, 0.15) is 65.2 Å². The van der Waals surface area contributed by atoms with Crippen LogP contribution in [0.3, 0.4) is 0 Å². The van der Waals surface area contributed by atoms with Gasteiger partial charge in [0.05, 0.1) is 0 Å². The monoisotopic (exact) mass is 245 g/mol. The van der Waals surface area contributed by atoms with Crippen LogP contribution in [0.15, 0.2) is 0 Å². The predicted octanol–water partition coefficient (Wildman–Crippen LogP) is 4.58. The molecule has 0 atom stereocenters. The molecule has 0 aromatic rings. The molecule has 0 aliphatic rings. The van der Waals surface area contributed by atoms with Crippen molar-refractivity contribution in [3.05, 3.63) is 0 Å². The number of hydrogen-bond acceptors (Lipinski definition) is 2. The van der Waals surface area contributed by atoms with Crippen LogP contribution in [0, 0.1) is 5.92 Å². The Hall–Kier alpha value is 0.310. The normalized spacial score (nSPS) is 11.6. The zero-order valence-electron chi connectivity index (χ0n) is 11.5. The van der Waals surface area contributed by atoms with Crippen molar-refractivity contribution < 1.29 is 0 Å². The van der Waals surface area contributed by atoms with E-state index in [4.69, 9.17) is 0 Å². The topological polar surface area (TPSA) is 3.24 Å². The molecule has 0 aliphatic heterocycles. The fraction of sp³-hybridized carbons (Fsp3) is 1.00. The Morgan fingerprint density at radius 1 is 0.875 bits per heavy atom. The molecule has 0 fully saturated rings. The van der Waals surface area contributed by atoms with Crippen LogP contribution >= 0.6 is 12.6 Å². The smallest absolute Gasteiger partial charge is 0.0411 e. The second-order valence-corrected chi connectivity index (χ2v) is 5.66. The predicted molar refractivity (Wildman–Crippen MR) is 78.3 cm³/mol. The van der Waals surface area contributed by atoms with Gasteiger partial charge >= 0.3 is 0 Å². The second kappa shape index (κ2) is 11.8. The van der Waals surface area contributed by atoms with E-state index in [0.717, 1.165) is 11.8 Å². The van der Waals surface area contributed by atoms with Crippen LogP contribution in [-0.4, -0.2) is 24.4 Å². The van der Waals surface area contributed by atoms with E-state index in [0.29, 0.717) is 0 Å². The van der Waals surface area contributed by atoms with Crippen molar-refractivity contribution in [1.29, 1.82) is 0 Å². The third-order valence-electron chi connectivity index (χ3n) is 3.06. The molecule has 1 nitrogen and oxygen atoms in total. The van der Waals surface area contributed by atoms with Crippen LogP contribution < -0.4 is 0 Å². The number of hydrogen-bond donors (Lipinski definition) is 1. The summed E-state index contributed by atoms with van der Waals surface area (Å²) in [4.78, 5) is 2.27. The van der Waals surface area contributed by atoms with Crippen molar-refractivity contribution in [2.45, 2.75) is 65.2 Å². The van der Waals surface area contributed by atoms with E-state index in [9.17, 15) is 0 Å². The van der Waals surface area contributed by atoms with Crippen molar-refractivity contribution >= 4 is 12.6 Å². The average Bonchev–Trinajstić information content (AvgIpc) is 2.26. The first-order valence-corrected chi connectivity index (χ1v) is 7.59. The Kier molecular flexibility index (Phi) is 12.0. The molecule has 0 unspecified atom stereocenters. The largest absolute Gasteiger partial charge is 0.297 e. The Morgan fingerprint density at radius 3 is 1.88 bits per heavy atom. The highest BCUT2D eigenvalue weighted by molar-refractivity contribution is 7.80. The number of nitrogens with zero attached hydrogens (tertiary/aromatic N) is 1. The molecule has 0 spiro atoms. The Morgan fingerprint density at radius 2 is 1.38 bits per heavy atom. The summed E-state index contributed by atoms with van der Waals surface area (Å²) in [5, 5.41) is 0. The first-order valence-electron chi connectivity index (χ1n) is 6.96. The number of rotatable bonds is 11. The fourth-order valence-electron chi connectivity index (χ4n) is 1.89. The first-order chi connectivity index (χ1) is 7.66. The zero-order valence-corrected chi connectivity index (χ0v) is 12.4. The van der Waals surface area contributed by atoms with Crippen molar-refractivity contribution in [2.75, 3.05) is 19.5 Å². The maximum Gasteiger partial charge on any atom is 0.0411 e. The third-order valence-corrected chi connectivity index (χ3v) is 3.55. The molecular formula is C14H31NS. The Labute approximate surface area is 108 Å². The molecule has 0 saturated heterocycles. The molecule has 0 rings (SSSR count).